The molecule has 2 aliphatic rings. The van der Waals surface area contributed by atoms with E-state index in [0.29, 0.717) is 13.2 Å². The third kappa shape index (κ3) is 2.26. The summed E-state index contributed by atoms with van der Waals surface area (Å²) in [4.78, 5) is 11.7. The minimum atomic E-state index is -0.187. The van der Waals surface area contributed by atoms with Crippen LogP contribution in [-0.2, 0) is 9.53 Å². The summed E-state index contributed by atoms with van der Waals surface area (Å²) in [6.07, 6.45) is 4.88. The van der Waals surface area contributed by atoms with Gasteiger partial charge in [-0.25, -0.2) is 0 Å². The number of nitrogens with one attached hydrogen (secondary N) is 2. The van der Waals surface area contributed by atoms with E-state index in [1.807, 2.05) is 0 Å². The van der Waals surface area contributed by atoms with Gasteiger partial charge in [-0.15, -0.1) is 0 Å². The molecular weight excluding hydrogens is 204 g/mol. The molecule has 1 saturated carbocycles. The summed E-state index contributed by atoms with van der Waals surface area (Å²) in [5.41, 5.74) is 0.824. The Morgan fingerprint density at radius 2 is 2.38 bits per heavy atom. The largest absolute Gasteiger partial charge is 0.465 e. The molecule has 1 spiro atoms. The lowest BCUT2D eigenvalue weighted by molar-refractivity contribution is -0.146. The van der Waals surface area contributed by atoms with Crippen molar-refractivity contribution in [3.8, 4) is 0 Å². The van der Waals surface area contributed by atoms with Crippen molar-refractivity contribution in [1.82, 2.24) is 5.32 Å². The summed E-state index contributed by atoms with van der Waals surface area (Å²) in [5.74, 6) is -0.132. The zero-order valence-electron chi connectivity index (χ0n) is 9.84. The smallest absolute Gasteiger partial charge is 0.323 e. The first kappa shape index (κ1) is 11.6. The molecule has 0 aromatic carbocycles. The highest BCUT2D eigenvalue weighted by Gasteiger charge is 2.51. The van der Waals surface area contributed by atoms with Crippen molar-refractivity contribution in [3.05, 3.63) is 0 Å². The summed E-state index contributed by atoms with van der Waals surface area (Å²) in [7, 11) is 0. The van der Waals surface area contributed by atoms with E-state index >= 15 is 0 Å². The molecule has 0 aromatic heterocycles. The Labute approximate surface area is 96.3 Å². The molecule has 16 heavy (non-hydrogen) atoms. The Morgan fingerprint density at radius 3 is 3.00 bits per heavy atom. The Bertz CT molecular complexity index is 297. The highest BCUT2D eigenvalue weighted by Crippen LogP contribution is 2.51. The van der Waals surface area contributed by atoms with Gasteiger partial charge in [-0.05, 0) is 25.7 Å². The van der Waals surface area contributed by atoms with Crippen LogP contribution in [0.25, 0.3) is 0 Å². The molecule has 4 nitrogen and oxygen atoms in total. The van der Waals surface area contributed by atoms with Crippen molar-refractivity contribution in [2.24, 2.45) is 5.41 Å². The number of esters is 1. The molecule has 0 aromatic rings. The third-order valence-electron chi connectivity index (χ3n) is 3.64. The second-order valence-electron chi connectivity index (χ2n) is 4.92. The maximum Gasteiger partial charge on any atom is 0.323 e. The van der Waals surface area contributed by atoms with E-state index in [1.165, 1.54) is 0 Å². The van der Waals surface area contributed by atoms with Crippen LogP contribution < -0.4 is 5.32 Å². The van der Waals surface area contributed by atoms with E-state index in [9.17, 15) is 4.79 Å². The summed E-state index contributed by atoms with van der Waals surface area (Å²) in [6.45, 7) is 3.15. The fourth-order valence-electron chi connectivity index (χ4n) is 2.24. The number of carbonyl (C=O) groups excluding carboxylic acids is 1. The van der Waals surface area contributed by atoms with E-state index < -0.39 is 0 Å². The van der Waals surface area contributed by atoms with Gasteiger partial charge in [-0.3, -0.25) is 10.1 Å². The molecule has 1 heterocycles. The topological polar surface area (TPSA) is 62.2 Å². The second kappa shape index (κ2) is 4.53. The van der Waals surface area contributed by atoms with Gasteiger partial charge in [-0.1, -0.05) is 13.3 Å². The molecule has 2 rings (SSSR count). The van der Waals surface area contributed by atoms with E-state index in [0.717, 1.165) is 37.8 Å². The molecule has 1 aliphatic carbocycles. The van der Waals surface area contributed by atoms with Crippen LogP contribution in [0.5, 0.6) is 0 Å². The average molecular weight is 224 g/mol. The van der Waals surface area contributed by atoms with E-state index in [2.05, 4.69) is 12.2 Å². The minimum absolute atomic E-state index is 0.0553. The zero-order valence-corrected chi connectivity index (χ0v) is 9.84. The van der Waals surface area contributed by atoms with E-state index in [-0.39, 0.29) is 17.4 Å². The number of rotatable bonds is 4. The second-order valence-corrected chi connectivity index (χ2v) is 4.92. The Balaban J connectivity index is 1.81. The van der Waals surface area contributed by atoms with Crippen LogP contribution in [0.4, 0.5) is 0 Å². The van der Waals surface area contributed by atoms with Gasteiger partial charge >= 0.3 is 5.97 Å². The SMILES string of the molecule is CCCCOC(=O)[C@@H]1CC2(CC2)C(=N)CN1. The fourth-order valence-corrected chi connectivity index (χ4v) is 2.24. The number of carbonyl (C=O) groups is 1. The molecule has 1 atom stereocenters. The molecule has 0 unspecified atom stereocenters. The molecule has 0 bridgehead atoms. The maximum absolute atomic E-state index is 11.7. The predicted molar refractivity (Wildman–Crippen MR) is 61.7 cm³/mol. The van der Waals surface area contributed by atoms with Gasteiger partial charge in [0, 0.05) is 17.7 Å². The van der Waals surface area contributed by atoms with Crippen LogP contribution in [0.1, 0.15) is 39.0 Å². The van der Waals surface area contributed by atoms with Crippen LogP contribution in [-0.4, -0.2) is 30.9 Å². The first-order valence-corrected chi connectivity index (χ1v) is 6.16. The van der Waals surface area contributed by atoms with Crippen molar-refractivity contribution in [2.75, 3.05) is 13.2 Å². The molecular formula is C12H20N2O2. The van der Waals surface area contributed by atoms with E-state index in [4.69, 9.17) is 10.1 Å². The number of hydrogen-bond acceptors (Lipinski definition) is 4. The molecule has 90 valence electrons. The summed E-state index contributed by atoms with van der Waals surface area (Å²) in [5, 5.41) is 10.9. The molecule has 1 aliphatic heterocycles. The zero-order chi connectivity index (χ0) is 11.6. The molecule has 1 saturated heterocycles. The van der Waals surface area contributed by atoms with Crippen LogP contribution in [0, 0.1) is 10.8 Å². The lowest BCUT2D eigenvalue weighted by atomic mass is 9.88. The Kier molecular flexibility index (Phi) is 3.28. The molecule has 0 amide bonds. The monoisotopic (exact) mass is 224 g/mol. The maximum atomic E-state index is 11.7. The van der Waals surface area contributed by atoms with Crippen LogP contribution >= 0.6 is 0 Å². The first-order chi connectivity index (χ1) is 7.68. The van der Waals surface area contributed by atoms with Gasteiger partial charge in [0.15, 0.2) is 0 Å². The number of piperidine rings is 1. The normalized spacial score (nSPS) is 26.8. The highest BCUT2D eigenvalue weighted by molar-refractivity contribution is 5.94. The minimum Gasteiger partial charge on any atom is -0.465 e. The van der Waals surface area contributed by atoms with Crippen LogP contribution in [0.2, 0.25) is 0 Å². The van der Waals surface area contributed by atoms with Crippen molar-refractivity contribution >= 4 is 11.7 Å². The van der Waals surface area contributed by atoms with Gasteiger partial charge in [0.25, 0.3) is 0 Å². The van der Waals surface area contributed by atoms with Crippen molar-refractivity contribution in [2.45, 2.75) is 45.1 Å². The van der Waals surface area contributed by atoms with Crippen LogP contribution in [0.15, 0.2) is 0 Å². The van der Waals surface area contributed by atoms with Gasteiger partial charge < -0.3 is 10.1 Å². The Hall–Kier alpha value is -0.900. The van der Waals surface area contributed by atoms with Gasteiger partial charge in [0.05, 0.1) is 6.61 Å². The van der Waals surface area contributed by atoms with Crippen molar-refractivity contribution in [1.29, 1.82) is 5.41 Å². The van der Waals surface area contributed by atoms with Crippen molar-refractivity contribution < 1.29 is 9.53 Å². The van der Waals surface area contributed by atoms with Gasteiger partial charge in [-0.2, -0.15) is 0 Å². The van der Waals surface area contributed by atoms with Gasteiger partial charge in [0.1, 0.15) is 6.04 Å². The molecule has 4 heteroatoms. The van der Waals surface area contributed by atoms with Gasteiger partial charge in [0.2, 0.25) is 0 Å². The predicted octanol–water partition coefficient (Wildman–Crippen LogP) is 1.49. The van der Waals surface area contributed by atoms with Crippen molar-refractivity contribution in [3.63, 3.8) is 0 Å². The molecule has 2 fully saturated rings. The standard InChI is InChI=1S/C12H20N2O2/c1-2-3-6-16-11(15)9-7-12(4-5-12)10(13)8-14-9/h9,13-14H,2-8H2,1H3/t9-/m0/s1. The summed E-state index contributed by atoms with van der Waals surface area (Å²) in [6, 6.07) is -0.187. The molecule has 2 N–H and O–H groups in total. The quantitative estimate of drug-likeness (QED) is 0.562. The lowest BCUT2D eigenvalue weighted by Gasteiger charge is -2.29. The van der Waals surface area contributed by atoms with Crippen LogP contribution in [0.3, 0.4) is 0 Å². The Morgan fingerprint density at radius 1 is 1.62 bits per heavy atom. The number of ether oxygens (including phenoxy) is 1. The lowest BCUT2D eigenvalue weighted by Crippen LogP contribution is -2.49. The first-order valence-electron chi connectivity index (χ1n) is 6.16. The average Bonchev–Trinajstić information content (AvgIpc) is 3.03. The fraction of sp³-hybridized carbons (Fsp3) is 0.833. The number of hydrogen-bond donors (Lipinski definition) is 2. The molecule has 0 radical (unpaired) electrons. The third-order valence-corrected chi connectivity index (χ3v) is 3.64. The number of unbranched alkanes of at least 4 members (excludes halogenated alkanes) is 1. The summed E-state index contributed by atoms with van der Waals surface area (Å²) >= 11 is 0. The summed E-state index contributed by atoms with van der Waals surface area (Å²) < 4.78 is 5.21. The highest BCUT2D eigenvalue weighted by atomic mass is 16.5. The van der Waals surface area contributed by atoms with E-state index in [1.54, 1.807) is 0 Å².